The van der Waals surface area contributed by atoms with E-state index in [2.05, 4.69) is 44.2 Å². The van der Waals surface area contributed by atoms with Gasteiger partial charge in [-0.1, -0.05) is 6.08 Å². The first-order valence-electron chi connectivity index (χ1n) is 5.13. The van der Waals surface area contributed by atoms with Crippen LogP contribution in [0.25, 0.3) is 0 Å². The fourth-order valence-corrected chi connectivity index (χ4v) is 3.64. The van der Waals surface area contributed by atoms with E-state index in [9.17, 15) is 0 Å². The number of piperazine rings is 1. The van der Waals surface area contributed by atoms with Gasteiger partial charge in [-0.2, -0.15) is 0 Å². The first-order valence-corrected chi connectivity index (χ1v) is 6.80. The van der Waals surface area contributed by atoms with Crippen molar-refractivity contribution in [2.24, 2.45) is 0 Å². The smallest absolute Gasteiger partial charge is 0.0635 e. The molecule has 0 aromatic carbocycles. The van der Waals surface area contributed by atoms with E-state index in [4.69, 9.17) is 0 Å². The maximum Gasteiger partial charge on any atom is 0.0635 e. The average Bonchev–Trinajstić information content (AvgIpc) is 2.68. The van der Waals surface area contributed by atoms with Gasteiger partial charge in [-0.25, -0.2) is 0 Å². The SMILES string of the molecule is C=C[C@H](c1sccc1Br)N1CCNCC1. The Morgan fingerprint density at radius 1 is 1.53 bits per heavy atom. The minimum Gasteiger partial charge on any atom is -0.314 e. The third-order valence-corrected chi connectivity index (χ3v) is 4.62. The molecule has 0 spiro atoms. The highest BCUT2D eigenvalue weighted by Gasteiger charge is 2.21. The first kappa shape index (κ1) is 11.3. The zero-order valence-electron chi connectivity index (χ0n) is 8.58. The Bertz CT molecular complexity index is 331. The molecule has 0 bridgehead atoms. The summed E-state index contributed by atoms with van der Waals surface area (Å²) < 4.78 is 1.20. The number of nitrogens with zero attached hydrogens (tertiary/aromatic N) is 1. The molecule has 1 aromatic rings. The number of nitrogens with one attached hydrogen (secondary N) is 1. The molecule has 15 heavy (non-hydrogen) atoms. The highest BCUT2D eigenvalue weighted by atomic mass is 79.9. The van der Waals surface area contributed by atoms with Crippen LogP contribution in [-0.2, 0) is 0 Å². The zero-order chi connectivity index (χ0) is 10.7. The molecular formula is C11H15BrN2S. The third kappa shape index (κ3) is 2.50. The second-order valence-corrected chi connectivity index (χ2v) is 5.40. The summed E-state index contributed by atoms with van der Waals surface area (Å²) in [7, 11) is 0. The second kappa shape index (κ2) is 5.25. The minimum atomic E-state index is 0.362. The summed E-state index contributed by atoms with van der Waals surface area (Å²) in [5.74, 6) is 0. The van der Waals surface area contributed by atoms with Crippen molar-refractivity contribution in [2.45, 2.75) is 6.04 Å². The molecule has 2 nitrogen and oxygen atoms in total. The Labute approximate surface area is 103 Å². The predicted octanol–water partition coefficient (Wildman–Crippen LogP) is 2.64. The fraction of sp³-hybridized carbons (Fsp3) is 0.455. The second-order valence-electron chi connectivity index (χ2n) is 3.60. The van der Waals surface area contributed by atoms with Crippen molar-refractivity contribution in [2.75, 3.05) is 26.2 Å². The van der Waals surface area contributed by atoms with Crippen LogP contribution in [0.2, 0.25) is 0 Å². The molecular weight excluding hydrogens is 272 g/mol. The molecule has 0 aliphatic carbocycles. The Morgan fingerprint density at radius 3 is 2.80 bits per heavy atom. The Kier molecular flexibility index (Phi) is 3.97. The van der Waals surface area contributed by atoms with Crippen molar-refractivity contribution in [3.63, 3.8) is 0 Å². The molecule has 0 unspecified atom stereocenters. The number of hydrogen-bond donors (Lipinski definition) is 1. The molecule has 1 aliphatic rings. The van der Waals surface area contributed by atoms with Crippen molar-refractivity contribution in [1.82, 2.24) is 10.2 Å². The van der Waals surface area contributed by atoms with E-state index in [-0.39, 0.29) is 0 Å². The van der Waals surface area contributed by atoms with Gasteiger partial charge in [0.15, 0.2) is 0 Å². The maximum absolute atomic E-state index is 3.96. The van der Waals surface area contributed by atoms with Gasteiger partial charge in [0.05, 0.1) is 6.04 Å². The molecule has 2 heterocycles. The van der Waals surface area contributed by atoms with Gasteiger partial charge in [-0.3, -0.25) is 4.90 Å². The number of halogens is 1. The molecule has 0 radical (unpaired) electrons. The van der Waals surface area contributed by atoms with Crippen LogP contribution in [0.3, 0.4) is 0 Å². The summed E-state index contributed by atoms with van der Waals surface area (Å²) >= 11 is 5.39. The Morgan fingerprint density at radius 2 is 2.27 bits per heavy atom. The largest absolute Gasteiger partial charge is 0.314 e. The zero-order valence-corrected chi connectivity index (χ0v) is 11.0. The predicted molar refractivity (Wildman–Crippen MR) is 69.4 cm³/mol. The molecule has 1 atom stereocenters. The molecule has 82 valence electrons. The van der Waals surface area contributed by atoms with Crippen molar-refractivity contribution in [1.29, 1.82) is 0 Å². The lowest BCUT2D eigenvalue weighted by Gasteiger charge is -2.32. The summed E-state index contributed by atoms with van der Waals surface area (Å²) in [5, 5.41) is 5.49. The van der Waals surface area contributed by atoms with Gasteiger partial charge in [0.25, 0.3) is 0 Å². The van der Waals surface area contributed by atoms with Gasteiger partial charge in [0, 0.05) is 35.5 Å². The molecule has 1 aromatic heterocycles. The van der Waals surface area contributed by atoms with Crippen LogP contribution in [0.1, 0.15) is 10.9 Å². The van der Waals surface area contributed by atoms with E-state index in [1.807, 2.05) is 6.08 Å². The van der Waals surface area contributed by atoms with E-state index in [0.29, 0.717) is 6.04 Å². The summed E-state index contributed by atoms with van der Waals surface area (Å²) in [6, 6.07) is 2.47. The summed E-state index contributed by atoms with van der Waals surface area (Å²) in [6.07, 6.45) is 2.04. The lowest BCUT2D eigenvalue weighted by Crippen LogP contribution is -2.44. The number of thiophene rings is 1. The first-order chi connectivity index (χ1) is 7.33. The van der Waals surface area contributed by atoms with Crippen LogP contribution < -0.4 is 5.32 Å². The van der Waals surface area contributed by atoms with Gasteiger partial charge >= 0.3 is 0 Å². The van der Waals surface area contributed by atoms with Gasteiger partial charge in [0.1, 0.15) is 0 Å². The monoisotopic (exact) mass is 286 g/mol. The molecule has 1 fully saturated rings. The summed E-state index contributed by atoms with van der Waals surface area (Å²) in [6.45, 7) is 8.31. The van der Waals surface area contributed by atoms with Crippen molar-refractivity contribution < 1.29 is 0 Å². The topological polar surface area (TPSA) is 15.3 Å². The van der Waals surface area contributed by atoms with Crippen molar-refractivity contribution in [3.05, 3.63) is 33.5 Å². The summed E-state index contributed by atoms with van der Waals surface area (Å²) in [5.41, 5.74) is 0. The van der Waals surface area contributed by atoms with Crippen LogP contribution in [-0.4, -0.2) is 31.1 Å². The van der Waals surface area contributed by atoms with Crippen LogP contribution in [0.4, 0.5) is 0 Å². The quantitative estimate of drug-likeness (QED) is 0.860. The van der Waals surface area contributed by atoms with E-state index >= 15 is 0 Å². The molecule has 0 saturated carbocycles. The van der Waals surface area contributed by atoms with Crippen molar-refractivity contribution >= 4 is 27.3 Å². The van der Waals surface area contributed by atoms with Gasteiger partial charge in [-0.05, 0) is 27.4 Å². The molecule has 0 amide bonds. The van der Waals surface area contributed by atoms with Gasteiger partial charge < -0.3 is 5.32 Å². The molecule has 4 heteroatoms. The standard InChI is InChI=1S/C11H15BrN2S/c1-2-10(11-9(12)3-8-15-11)14-6-4-13-5-7-14/h2-3,8,10,13H,1,4-7H2/t10-/m1/s1. The minimum absolute atomic E-state index is 0.362. The number of rotatable bonds is 3. The van der Waals surface area contributed by atoms with Gasteiger partial charge in [-0.15, -0.1) is 17.9 Å². The van der Waals surface area contributed by atoms with E-state index < -0.39 is 0 Å². The van der Waals surface area contributed by atoms with E-state index in [0.717, 1.165) is 26.2 Å². The van der Waals surface area contributed by atoms with Crippen molar-refractivity contribution in [3.8, 4) is 0 Å². The van der Waals surface area contributed by atoms with E-state index in [1.54, 1.807) is 11.3 Å². The Hall–Kier alpha value is -0.160. The Balaban J connectivity index is 2.16. The normalized spacial score (nSPS) is 20.1. The van der Waals surface area contributed by atoms with E-state index in [1.165, 1.54) is 9.35 Å². The fourth-order valence-electron chi connectivity index (χ4n) is 1.90. The summed E-state index contributed by atoms with van der Waals surface area (Å²) in [4.78, 5) is 3.84. The van der Waals surface area contributed by atoms with Crippen LogP contribution in [0, 0.1) is 0 Å². The van der Waals surface area contributed by atoms with Crippen LogP contribution >= 0.6 is 27.3 Å². The van der Waals surface area contributed by atoms with Gasteiger partial charge in [0.2, 0.25) is 0 Å². The molecule has 1 N–H and O–H groups in total. The number of hydrogen-bond acceptors (Lipinski definition) is 3. The lowest BCUT2D eigenvalue weighted by atomic mass is 10.2. The highest BCUT2D eigenvalue weighted by molar-refractivity contribution is 9.10. The average molecular weight is 287 g/mol. The molecule has 1 aliphatic heterocycles. The third-order valence-electron chi connectivity index (χ3n) is 2.68. The highest BCUT2D eigenvalue weighted by Crippen LogP contribution is 2.33. The molecule has 2 rings (SSSR count). The maximum atomic E-state index is 3.96. The van der Waals surface area contributed by atoms with Crippen LogP contribution in [0.5, 0.6) is 0 Å². The lowest BCUT2D eigenvalue weighted by molar-refractivity contribution is 0.205. The molecule has 1 saturated heterocycles. The van der Waals surface area contributed by atoms with Crippen LogP contribution in [0.15, 0.2) is 28.6 Å².